The van der Waals surface area contributed by atoms with Gasteiger partial charge in [-0.25, -0.2) is 0 Å². The molecule has 0 aliphatic heterocycles. The van der Waals surface area contributed by atoms with E-state index in [9.17, 15) is 0 Å². The highest BCUT2D eigenvalue weighted by molar-refractivity contribution is 7.16. The molecule has 1 atom stereocenters. The van der Waals surface area contributed by atoms with Gasteiger partial charge in [0.05, 0.1) is 4.34 Å². The molecule has 1 aromatic rings. The predicted octanol–water partition coefficient (Wildman–Crippen LogP) is 4.39. The van der Waals surface area contributed by atoms with E-state index in [4.69, 9.17) is 11.6 Å². The molecule has 1 aromatic heterocycles. The number of rotatable bonds is 9. The molecule has 0 amide bonds. The first-order valence-electron chi connectivity index (χ1n) is 7.67. The molecule has 0 spiro atoms. The summed E-state index contributed by atoms with van der Waals surface area (Å²) in [5.74, 6) is 0. The fourth-order valence-corrected chi connectivity index (χ4v) is 4.08. The van der Waals surface area contributed by atoms with E-state index in [-0.39, 0.29) is 0 Å². The van der Waals surface area contributed by atoms with Crippen molar-refractivity contribution in [3.05, 3.63) is 21.3 Å². The van der Waals surface area contributed by atoms with E-state index in [0.717, 1.165) is 30.0 Å². The zero-order chi connectivity index (χ0) is 14.6. The quantitative estimate of drug-likeness (QED) is 0.727. The summed E-state index contributed by atoms with van der Waals surface area (Å²) in [6.07, 6.45) is 5.27. The molecular weight excluding hydrogens is 288 g/mol. The summed E-state index contributed by atoms with van der Waals surface area (Å²) in [5, 5.41) is 3.71. The van der Waals surface area contributed by atoms with Crippen LogP contribution in [0.15, 0.2) is 12.1 Å². The van der Waals surface area contributed by atoms with E-state index in [1.165, 1.54) is 30.6 Å². The van der Waals surface area contributed by atoms with Crippen LogP contribution in [-0.4, -0.2) is 31.1 Å². The SMILES string of the molecule is CCCC(C)(CNC1CC1)CN(C)Cc1ccc(Cl)s1. The van der Waals surface area contributed by atoms with Gasteiger partial charge in [0, 0.05) is 30.6 Å². The third-order valence-corrected chi connectivity index (χ3v) is 5.17. The van der Waals surface area contributed by atoms with Gasteiger partial charge in [-0.1, -0.05) is 31.9 Å². The molecule has 0 aromatic carbocycles. The summed E-state index contributed by atoms with van der Waals surface area (Å²) in [6, 6.07) is 4.94. The molecule has 1 N–H and O–H groups in total. The van der Waals surface area contributed by atoms with Gasteiger partial charge in [0.2, 0.25) is 0 Å². The molecule has 114 valence electrons. The maximum absolute atomic E-state index is 6.01. The number of thiophene rings is 1. The van der Waals surface area contributed by atoms with Crippen molar-refractivity contribution >= 4 is 22.9 Å². The van der Waals surface area contributed by atoms with Gasteiger partial charge < -0.3 is 10.2 Å². The Morgan fingerprint density at radius 2 is 2.20 bits per heavy atom. The highest BCUT2D eigenvalue weighted by Gasteiger charge is 2.29. The second-order valence-electron chi connectivity index (χ2n) is 6.59. The molecular formula is C16H27ClN2S. The van der Waals surface area contributed by atoms with Crippen LogP contribution in [0, 0.1) is 5.41 Å². The van der Waals surface area contributed by atoms with Gasteiger partial charge in [0.25, 0.3) is 0 Å². The Labute approximate surface area is 132 Å². The Balaban J connectivity index is 1.84. The third-order valence-electron chi connectivity index (χ3n) is 3.95. The maximum Gasteiger partial charge on any atom is 0.0931 e. The van der Waals surface area contributed by atoms with E-state index in [0.29, 0.717) is 5.41 Å². The van der Waals surface area contributed by atoms with Crippen LogP contribution in [0.3, 0.4) is 0 Å². The van der Waals surface area contributed by atoms with Gasteiger partial charge in [-0.3, -0.25) is 0 Å². The smallest absolute Gasteiger partial charge is 0.0931 e. The molecule has 1 saturated carbocycles. The summed E-state index contributed by atoms with van der Waals surface area (Å²) in [4.78, 5) is 3.79. The van der Waals surface area contributed by atoms with Crippen LogP contribution < -0.4 is 5.32 Å². The average molecular weight is 315 g/mol. The molecule has 20 heavy (non-hydrogen) atoms. The topological polar surface area (TPSA) is 15.3 Å². The second kappa shape index (κ2) is 7.26. The van der Waals surface area contributed by atoms with Crippen molar-refractivity contribution in [2.75, 3.05) is 20.1 Å². The fourth-order valence-electron chi connectivity index (χ4n) is 2.92. The van der Waals surface area contributed by atoms with Crippen molar-refractivity contribution in [3.63, 3.8) is 0 Å². The van der Waals surface area contributed by atoms with Crippen LogP contribution in [-0.2, 0) is 6.54 Å². The Hall–Kier alpha value is -0.0900. The van der Waals surface area contributed by atoms with Gasteiger partial charge in [0.1, 0.15) is 0 Å². The first-order chi connectivity index (χ1) is 9.50. The molecule has 2 rings (SSSR count). The van der Waals surface area contributed by atoms with Gasteiger partial charge in [-0.15, -0.1) is 11.3 Å². The zero-order valence-corrected chi connectivity index (χ0v) is 14.5. The molecule has 1 fully saturated rings. The standard InChI is InChI=1S/C16H27ClN2S/c1-4-9-16(2,11-18-13-5-6-13)12-19(3)10-14-7-8-15(17)20-14/h7-8,13,18H,4-6,9-12H2,1-3H3. The zero-order valence-electron chi connectivity index (χ0n) is 12.9. The second-order valence-corrected chi connectivity index (χ2v) is 8.39. The molecule has 1 heterocycles. The van der Waals surface area contributed by atoms with Crippen LogP contribution in [0.2, 0.25) is 4.34 Å². The summed E-state index contributed by atoms with van der Waals surface area (Å²) < 4.78 is 0.889. The molecule has 1 aliphatic rings. The van der Waals surface area contributed by atoms with Gasteiger partial charge in [-0.2, -0.15) is 0 Å². The molecule has 1 aliphatic carbocycles. The minimum atomic E-state index is 0.368. The molecule has 2 nitrogen and oxygen atoms in total. The fraction of sp³-hybridized carbons (Fsp3) is 0.750. The van der Waals surface area contributed by atoms with Crippen LogP contribution in [0.5, 0.6) is 0 Å². The van der Waals surface area contributed by atoms with Crippen molar-refractivity contribution in [2.24, 2.45) is 5.41 Å². The molecule has 4 heteroatoms. The largest absolute Gasteiger partial charge is 0.313 e. The normalized spacial score (nSPS) is 18.4. The molecule has 0 saturated heterocycles. The first kappa shape index (κ1) is 16.3. The van der Waals surface area contributed by atoms with Crippen molar-refractivity contribution in [1.82, 2.24) is 10.2 Å². The lowest BCUT2D eigenvalue weighted by atomic mass is 9.84. The Morgan fingerprint density at radius 3 is 2.75 bits per heavy atom. The minimum Gasteiger partial charge on any atom is -0.313 e. The van der Waals surface area contributed by atoms with Gasteiger partial charge in [-0.05, 0) is 43.9 Å². The lowest BCUT2D eigenvalue weighted by Crippen LogP contribution is -2.41. The number of hydrogen-bond donors (Lipinski definition) is 1. The average Bonchev–Trinajstić information content (AvgIpc) is 3.11. The summed E-state index contributed by atoms with van der Waals surface area (Å²) >= 11 is 7.70. The Bertz CT molecular complexity index is 416. The van der Waals surface area contributed by atoms with Crippen LogP contribution in [0.25, 0.3) is 0 Å². The highest BCUT2D eigenvalue weighted by Crippen LogP contribution is 2.28. The van der Waals surface area contributed by atoms with Crippen molar-refractivity contribution in [2.45, 2.75) is 52.1 Å². The molecule has 0 radical (unpaired) electrons. The third kappa shape index (κ3) is 5.36. The number of hydrogen-bond acceptors (Lipinski definition) is 3. The van der Waals surface area contributed by atoms with Crippen molar-refractivity contribution in [3.8, 4) is 0 Å². The van der Waals surface area contributed by atoms with Crippen molar-refractivity contribution < 1.29 is 0 Å². The van der Waals surface area contributed by atoms with Crippen LogP contribution in [0.4, 0.5) is 0 Å². The van der Waals surface area contributed by atoms with E-state index >= 15 is 0 Å². The summed E-state index contributed by atoms with van der Waals surface area (Å²) in [5.41, 5.74) is 0.368. The first-order valence-corrected chi connectivity index (χ1v) is 8.86. The summed E-state index contributed by atoms with van der Waals surface area (Å²) in [6.45, 7) is 7.98. The number of nitrogens with zero attached hydrogens (tertiary/aromatic N) is 1. The van der Waals surface area contributed by atoms with Crippen LogP contribution >= 0.6 is 22.9 Å². The maximum atomic E-state index is 6.01. The predicted molar refractivity (Wildman–Crippen MR) is 89.7 cm³/mol. The lowest BCUT2D eigenvalue weighted by molar-refractivity contribution is 0.168. The van der Waals surface area contributed by atoms with E-state index in [1.54, 1.807) is 11.3 Å². The lowest BCUT2D eigenvalue weighted by Gasteiger charge is -2.34. The molecule has 1 unspecified atom stereocenters. The van der Waals surface area contributed by atoms with Gasteiger partial charge >= 0.3 is 0 Å². The van der Waals surface area contributed by atoms with Gasteiger partial charge in [0.15, 0.2) is 0 Å². The van der Waals surface area contributed by atoms with E-state index in [2.05, 4.69) is 37.2 Å². The Morgan fingerprint density at radius 1 is 1.45 bits per heavy atom. The van der Waals surface area contributed by atoms with E-state index in [1.807, 2.05) is 6.07 Å². The monoisotopic (exact) mass is 314 g/mol. The number of halogens is 1. The minimum absolute atomic E-state index is 0.368. The molecule has 0 bridgehead atoms. The van der Waals surface area contributed by atoms with Crippen LogP contribution in [0.1, 0.15) is 44.4 Å². The highest BCUT2D eigenvalue weighted by atomic mass is 35.5. The van der Waals surface area contributed by atoms with E-state index < -0.39 is 0 Å². The Kier molecular flexibility index (Phi) is 5.91. The number of nitrogens with one attached hydrogen (secondary N) is 1. The van der Waals surface area contributed by atoms with Crippen molar-refractivity contribution in [1.29, 1.82) is 0 Å². The summed E-state index contributed by atoms with van der Waals surface area (Å²) in [7, 11) is 2.22.